The van der Waals surface area contributed by atoms with Gasteiger partial charge in [-0.3, -0.25) is 14.4 Å². The number of nitrogens with zero attached hydrogens (tertiary/aromatic N) is 2. The van der Waals surface area contributed by atoms with Gasteiger partial charge in [-0.05, 0) is 38.1 Å². The Kier molecular flexibility index (Phi) is 6.95. The van der Waals surface area contributed by atoms with Crippen LogP contribution in [0.5, 0.6) is 0 Å². The van der Waals surface area contributed by atoms with Crippen molar-refractivity contribution in [1.29, 1.82) is 0 Å². The summed E-state index contributed by atoms with van der Waals surface area (Å²) in [5.41, 5.74) is 0.512. The predicted molar refractivity (Wildman–Crippen MR) is 103 cm³/mol. The van der Waals surface area contributed by atoms with Crippen molar-refractivity contribution in [2.45, 2.75) is 45.1 Å². The van der Waals surface area contributed by atoms with E-state index in [1.807, 2.05) is 0 Å². The van der Waals surface area contributed by atoms with Crippen LogP contribution in [0.2, 0.25) is 0 Å². The topological polar surface area (TPSA) is 101 Å². The monoisotopic (exact) mass is 410 g/mol. The summed E-state index contributed by atoms with van der Waals surface area (Å²) >= 11 is 0. The number of ketones is 1. The molecular weight excluding hydrogens is 384 g/mol. The number of hydrogen-bond acceptors (Lipinski definition) is 6. The summed E-state index contributed by atoms with van der Waals surface area (Å²) < 4.78 is 31.5. The number of carbonyl (C=O) groups is 3. The number of esters is 1. The van der Waals surface area contributed by atoms with E-state index in [1.54, 1.807) is 26.0 Å². The maximum Gasteiger partial charge on any atom is 0.311 e. The second kappa shape index (κ2) is 8.83. The van der Waals surface area contributed by atoms with Crippen molar-refractivity contribution in [2.75, 3.05) is 24.5 Å². The van der Waals surface area contributed by atoms with Gasteiger partial charge in [-0.25, -0.2) is 8.42 Å². The van der Waals surface area contributed by atoms with Crippen LogP contribution in [0.15, 0.2) is 29.2 Å². The molecule has 2 rings (SSSR count). The van der Waals surface area contributed by atoms with Crippen molar-refractivity contribution in [3.05, 3.63) is 24.3 Å². The van der Waals surface area contributed by atoms with E-state index in [4.69, 9.17) is 4.74 Å². The molecule has 1 fully saturated rings. The summed E-state index contributed by atoms with van der Waals surface area (Å²) in [6.45, 7) is 7.22. The first-order valence-corrected chi connectivity index (χ1v) is 10.7. The average molecular weight is 410 g/mol. The van der Waals surface area contributed by atoms with E-state index in [-0.39, 0.29) is 29.6 Å². The van der Waals surface area contributed by atoms with E-state index in [2.05, 4.69) is 0 Å². The lowest BCUT2D eigenvalue weighted by molar-refractivity contribution is -0.157. The second-order valence-electron chi connectivity index (χ2n) is 6.68. The van der Waals surface area contributed by atoms with Crippen LogP contribution in [-0.2, 0) is 29.1 Å². The second-order valence-corrected chi connectivity index (χ2v) is 8.62. The molecule has 0 N–H and O–H groups in total. The van der Waals surface area contributed by atoms with Crippen LogP contribution in [0.1, 0.15) is 34.1 Å². The van der Waals surface area contributed by atoms with Gasteiger partial charge in [0.05, 0.1) is 10.8 Å². The van der Waals surface area contributed by atoms with Crippen LogP contribution < -0.4 is 4.90 Å². The van der Waals surface area contributed by atoms with Crippen molar-refractivity contribution in [1.82, 2.24) is 4.31 Å². The van der Waals surface area contributed by atoms with Crippen LogP contribution in [0, 0.1) is 5.92 Å². The number of carbonyl (C=O) groups excluding carboxylic acids is 3. The molecular formula is C19H26N2O6S. The quantitative estimate of drug-likeness (QED) is 0.603. The number of Topliss-reactive ketones (excluding diaryl/α,β-unsaturated/α-hetero) is 1. The lowest BCUT2D eigenvalue weighted by Crippen LogP contribution is -2.31. The van der Waals surface area contributed by atoms with Crippen molar-refractivity contribution in [3.63, 3.8) is 0 Å². The van der Waals surface area contributed by atoms with Crippen molar-refractivity contribution < 1.29 is 27.5 Å². The number of amides is 1. The fraction of sp³-hybridized carbons (Fsp3) is 0.526. The first kappa shape index (κ1) is 22.0. The Balaban J connectivity index is 2.13. The van der Waals surface area contributed by atoms with E-state index in [0.29, 0.717) is 18.8 Å². The molecule has 28 heavy (non-hydrogen) atoms. The third kappa shape index (κ3) is 4.59. The molecule has 0 radical (unpaired) electrons. The Morgan fingerprint density at radius 1 is 1.21 bits per heavy atom. The summed E-state index contributed by atoms with van der Waals surface area (Å²) in [5.74, 6) is -1.76. The summed E-state index contributed by atoms with van der Waals surface area (Å²) in [7, 11) is -3.58. The standard InChI is InChI=1S/C19H26N2O6S/c1-5-20(6-2)28(25,26)17-9-7-16(8-10-17)21-12-15(11-18(21)23)19(24)27-14(4)13(3)22/h7-10,14-15H,5-6,11-12H2,1-4H3. The van der Waals surface area contributed by atoms with Crippen LogP contribution in [0.4, 0.5) is 5.69 Å². The highest BCUT2D eigenvalue weighted by molar-refractivity contribution is 7.89. The molecule has 8 nitrogen and oxygen atoms in total. The molecule has 0 bridgehead atoms. The van der Waals surface area contributed by atoms with Gasteiger partial charge >= 0.3 is 5.97 Å². The maximum absolute atomic E-state index is 12.5. The van der Waals surface area contributed by atoms with Crippen molar-refractivity contribution in [2.24, 2.45) is 5.92 Å². The Bertz CT molecular complexity index is 846. The van der Waals surface area contributed by atoms with E-state index >= 15 is 0 Å². The lowest BCUT2D eigenvalue weighted by atomic mass is 10.1. The Morgan fingerprint density at radius 2 is 1.79 bits per heavy atom. The largest absolute Gasteiger partial charge is 0.454 e. The number of ether oxygens (including phenoxy) is 1. The Labute approximate surface area is 165 Å². The SMILES string of the molecule is CCN(CC)S(=O)(=O)c1ccc(N2CC(C(=O)OC(C)C(C)=O)CC2=O)cc1. The maximum atomic E-state index is 12.5. The molecule has 1 heterocycles. The zero-order valence-electron chi connectivity index (χ0n) is 16.5. The van der Waals surface area contributed by atoms with Crippen LogP contribution in [0.25, 0.3) is 0 Å². The molecule has 1 aliphatic rings. The summed E-state index contributed by atoms with van der Waals surface area (Å²) in [5, 5.41) is 0. The predicted octanol–water partition coefficient (Wildman–Crippen LogP) is 1.59. The van der Waals surface area contributed by atoms with Crippen molar-refractivity contribution in [3.8, 4) is 0 Å². The minimum atomic E-state index is -3.58. The van der Waals surface area contributed by atoms with E-state index < -0.39 is 28.0 Å². The Morgan fingerprint density at radius 3 is 2.29 bits per heavy atom. The van der Waals surface area contributed by atoms with Gasteiger partial charge in [0, 0.05) is 31.7 Å². The smallest absolute Gasteiger partial charge is 0.311 e. The molecule has 0 saturated carbocycles. The molecule has 1 aromatic carbocycles. The highest BCUT2D eigenvalue weighted by Crippen LogP contribution is 2.28. The van der Waals surface area contributed by atoms with Crippen molar-refractivity contribution >= 4 is 33.4 Å². The number of hydrogen-bond donors (Lipinski definition) is 0. The number of anilines is 1. The number of benzene rings is 1. The van der Waals surface area contributed by atoms with Gasteiger partial charge in [0.25, 0.3) is 0 Å². The lowest BCUT2D eigenvalue weighted by Gasteiger charge is -2.20. The van der Waals surface area contributed by atoms with Gasteiger partial charge in [0.15, 0.2) is 11.9 Å². The van der Waals surface area contributed by atoms with Gasteiger partial charge in [0.2, 0.25) is 15.9 Å². The Hall–Kier alpha value is -2.26. The molecule has 0 aromatic heterocycles. The van der Waals surface area contributed by atoms with Crippen LogP contribution in [-0.4, -0.2) is 56.1 Å². The molecule has 2 unspecified atom stereocenters. The first-order valence-electron chi connectivity index (χ1n) is 9.23. The summed E-state index contributed by atoms with van der Waals surface area (Å²) in [6, 6.07) is 6.03. The average Bonchev–Trinajstić information content (AvgIpc) is 3.04. The van der Waals surface area contributed by atoms with Crippen LogP contribution >= 0.6 is 0 Å². The molecule has 1 aliphatic heterocycles. The van der Waals surface area contributed by atoms with E-state index in [9.17, 15) is 22.8 Å². The zero-order chi connectivity index (χ0) is 21.1. The molecule has 0 aliphatic carbocycles. The minimum Gasteiger partial charge on any atom is -0.454 e. The fourth-order valence-corrected chi connectivity index (χ4v) is 4.44. The van der Waals surface area contributed by atoms with Gasteiger partial charge in [0.1, 0.15) is 0 Å². The zero-order valence-corrected chi connectivity index (χ0v) is 17.4. The van der Waals surface area contributed by atoms with Gasteiger partial charge in [-0.1, -0.05) is 13.8 Å². The number of sulfonamides is 1. The van der Waals surface area contributed by atoms with Crippen LogP contribution in [0.3, 0.4) is 0 Å². The summed E-state index contributed by atoms with van der Waals surface area (Å²) in [6.07, 6.45) is -0.857. The normalized spacial score (nSPS) is 18.4. The third-order valence-corrected chi connectivity index (χ3v) is 6.88. The number of rotatable bonds is 8. The van der Waals surface area contributed by atoms with Gasteiger partial charge < -0.3 is 9.64 Å². The highest BCUT2D eigenvalue weighted by Gasteiger charge is 2.37. The molecule has 0 spiro atoms. The molecule has 1 amide bonds. The summed E-state index contributed by atoms with van der Waals surface area (Å²) in [4.78, 5) is 37.3. The molecule has 2 atom stereocenters. The molecule has 1 saturated heterocycles. The molecule has 154 valence electrons. The highest BCUT2D eigenvalue weighted by atomic mass is 32.2. The van der Waals surface area contributed by atoms with E-state index in [0.717, 1.165) is 0 Å². The minimum absolute atomic E-state index is 0.0110. The third-order valence-electron chi connectivity index (χ3n) is 4.82. The first-order chi connectivity index (χ1) is 13.1. The molecule has 9 heteroatoms. The fourth-order valence-electron chi connectivity index (χ4n) is 2.98. The van der Waals surface area contributed by atoms with E-state index in [1.165, 1.54) is 35.2 Å². The van der Waals surface area contributed by atoms with Gasteiger partial charge in [-0.15, -0.1) is 0 Å². The molecule has 1 aromatic rings. The van der Waals surface area contributed by atoms with Gasteiger partial charge in [-0.2, -0.15) is 4.31 Å².